The van der Waals surface area contributed by atoms with Crippen molar-refractivity contribution in [3.8, 4) is 0 Å². The Morgan fingerprint density at radius 3 is 1.96 bits per heavy atom. The molecule has 0 heterocycles. The standard InChI is InChI=1S/C20H23N3O4/c1-14(24)23(18-11-9-17(10-12-18)22(2)3)13-19(25)21-16-7-5-15(6-8-16)20(26)27-4/h5-12H,13H2,1-4H3,(H,21,25). The van der Waals surface area contributed by atoms with Crippen LogP contribution in [0.2, 0.25) is 0 Å². The molecule has 0 spiro atoms. The lowest BCUT2D eigenvalue weighted by Gasteiger charge is -2.22. The highest BCUT2D eigenvalue weighted by Gasteiger charge is 2.16. The third kappa shape index (κ3) is 5.31. The molecule has 0 aliphatic carbocycles. The highest BCUT2D eigenvalue weighted by atomic mass is 16.5. The summed E-state index contributed by atoms with van der Waals surface area (Å²) >= 11 is 0. The van der Waals surface area contributed by atoms with Gasteiger partial charge in [0.1, 0.15) is 6.54 Å². The van der Waals surface area contributed by atoms with Gasteiger partial charge in [-0.05, 0) is 48.5 Å². The van der Waals surface area contributed by atoms with Crippen molar-refractivity contribution in [1.29, 1.82) is 0 Å². The van der Waals surface area contributed by atoms with Gasteiger partial charge in [-0.25, -0.2) is 4.79 Å². The molecule has 2 amide bonds. The van der Waals surface area contributed by atoms with Gasteiger partial charge in [-0.3, -0.25) is 9.59 Å². The van der Waals surface area contributed by atoms with Crippen molar-refractivity contribution < 1.29 is 19.1 Å². The second kappa shape index (κ2) is 8.84. The van der Waals surface area contributed by atoms with Crippen LogP contribution >= 0.6 is 0 Å². The summed E-state index contributed by atoms with van der Waals surface area (Å²) in [7, 11) is 5.16. The summed E-state index contributed by atoms with van der Waals surface area (Å²) in [6.45, 7) is 1.30. The molecule has 0 atom stereocenters. The number of hydrogen-bond acceptors (Lipinski definition) is 5. The number of benzene rings is 2. The summed E-state index contributed by atoms with van der Waals surface area (Å²) < 4.78 is 4.63. The molecule has 1 N–H and O–H groups in total. The molecule has 2 aromatic rings. The second-order valence-corrected chi connectivity index (χ2v) is 6.13. The van der Waals surface area contributed by atoms with E-state index < -0.39 is 5.97 Å². The first-order chi connectivity index (χ1) is 12.8. The largest absolute Gasteiger partial charge is 0.465 e. The van der Waals surface area contributed by atoms with Gasteiger partial charge in [0.2, 0.25) is 11.8 Å². The van der Waals surface area contributed by atoms with Gasteiger partial charge in [0.25, 0.3) is 0 Å². The van der Waals surface area contributed by atoms with Gasteiger partial charge in [-0.15, -0.1) is 0 Å². The molecule has 0 saturated carbocycles. The summed E-state index contributed by atoms with van der Waals surface area (Å²) in [6, 6.07) is 13.7. The van der Waals surface area contributed by atoms with E-state index in [4.69, 9.17) is 0 Å². The lowest BCUT2D eigenvalue weighted by Crippen LogP contribution is -2.36. The Balaban J connectivity index is 2.06. The van der Waals surface area contributed by atoms with Gasteiger partial charge < -0.3 is 19.9 Å². The monoisotopic (exact) mass is 369 g/mol. The predicted octanol–water partition coefficient (Wildman–Crippen LogP) is 2.53. The maximum atomic E-state index is 12.3. The molecule has 0 aromatic heterocycles. The van der Waals surface area contributed by atoms with Crippen molar-refractivity contribution in [2.24, 2.45) is 0 Å². The molecule has 7 nitrogen and oxygen atoms in total. The SMILES string of the molecule is COC(=O)c1ccc(NC(=O)CN(C(C)=O)c2ccc(N(C)C)cc2)cc1. The summed E-state index contributed by atoms with van der Waals surface area (Å²) in [5.41, 5.74) is 2.56. The number of nitrogens with zero attached hydrogens (tertiary/aromatic N) is 2. The molecule has 0 saturated heterocycles. The number of hydrogen-bond donors (Lipinski definition) is 1. The minimum atomic E-state index is -0.447. The van der Waals surface area contributed by atoms with E-state index in [0.717, 1.165) is 5.69 Å². The van der Waals surface area contributed by atoms with E-state index in [9.17, 15) is 14.4 Å². The Morgan fingerprint density at radius 1 is 0.926 bits per heavy atom. The summed E-state index contributed by atoms with van der Waals surface area (Å²) in [6.07, 6.45) is 0. The maximum absolute atomic E-state index is 12.3. The molecule has 2 aromatic carbocycles. The number of ether oxygens (including phenoxy) is 1. The molecule has 0 fully saturated rings. The topological polar surface area (TPSA) is 79.0 Å². The predicted molar refractivity (Wildman–Crippen MR) is 105 cm³/mol. The van der Waals surface area contributed by atoms with Crippen molar-refractivity contribution in [3.05, 3.63) is 54.1 Å². The zero-order valence-electron chi connectivity index (χ0n) is 15.9. The van der Waals surface area contributed by atoms with Crippen LogP contribution in [0.3, 0.4) is 0 Å². The Hall–Kier alpha value is -3.35. The van der Waals surface area contributed by atoms with Crippen molar-refractivity contribution in [1.82, 2.24) is 0 Å². The highest BCUT2D eigenvalue weighted by Crippen LogP contribution is 2.20. The van der Waals surface area contributed by atoms with Crippen LogP contribution in [0.5, 0.6) is 0 Å². The first-order valence-electron chi connectivity index (χ1n) is 8.35. The Bertz CT molecular complexity index is 814. The van der Waals surface area contributed by atoms with Gasteiger partial charge in [0, 0.05) is 38.1 Å². The van der Waals surface area contributed by atoms with E-state index in [1.165, 1.54) is 18.9 Å². The molecule has 0 aliphatic heterocycles. The summed E-state index contributed by atoms with van der Waals surface area (Å²) in [4.78, 5) is 39.1. The van der Waals surface area contributed by atoms with Crippen LogP contribution in [0, 0.1) is 0 Å². The van der Waals surface area contributed by atoms with Gasteiger partial charge in [0.15, 0.2) is 0 Å². The first kappa shape index (κ1) is 20.0. The number of rotatable bonds is 6. The Labute approximate surface area is 158 Å². The van der Waals surface area contributed by atoms with Crippen molar-refractivity contribution in [2.75, 3.05) is 42.9 Å². The van der Waals surface area contributed by atoms with Crippen LogP contribution < -0.4 is 15.1 Å². The zero-order chi connectivity index (χ0) is 20.0. The van der Waals surface area contributed by atoms with Crippen LogP contribution in [0.15, 0.2) is 48.5 Å². The van der Waals surface area contributed by atoms with E-state index in [0.29, 0.717) is 16.9 Å². The van der Waals surface area contributed by atoms with Crippen LogP contribution in [0.25, 0.3) is 0 Å². The van der Waals surface area contributed by atoms with E-state index in [1.54, 1.807) is 36.4 Å². The first-order valence-corrected chi connectivity index (χ1v) is 8.35. The lowest BCUT2D eigenvalue weighted by atomic mass is 10.2. The quantitative estimate of drug-likeness (QED) is 0.792. The van der Waals surface area contributed by atoms with E-state index in [-0.39, 0.29) is 18.4 Å². The average molecular weight is 369 g/mol. The fourth-order valence-corrected chi connectivity index (χ4v) is 2.47. The van der Waals surface area contributed by atoms with Crippen molar-refractivity contribution in [2.45, 2.75) is 6.92 Å². The molecule has 0 bridgehead atoms. The van der Waals surface area contributed by atoms with Crippen LogP contribution in [-0.4, -0.2) is 45.5 Å². The number of anilines is 3. The molecule has 0 aliphatic rings. The fourth-order valence-electron chi connectivity index (χ4n) is 2.47. The summed E-state index contributed by atoms with van der Waals surface area (Å²) in [5.74, 6) is -1.02. The zero-order valence-corrected chi connectivity index (χ0v) is 15.9. The number of methoxy groups -OCH3 is 1. The molecular weight excluding hydrogens is 346 g/mol. The number of esters is 1. The van der Waals surface area contributed by atoms with E-state index in [2.05, 4.69) is 10.1 Å². The van der Waals surface area contributed by atoms with Crippen LogP contribution in [0.4, 0.5) is 17.1 Å². The number of nitrogens with one attached hydrogen (secondary N) is 1. The number of amides is 2. The maximum Gasteiger partial charge on any atom is 0.337 e. The van der Waals surface area contributed by atoms with Gasteiger partial charge in [0.05, 0.1) is 12.7 Å². The number of carbonyl (C=O) groups is 3. The summed E-state index contributed by atoms with van der Waals surface area (Å²) in [5, 5.41) is 2.72. The molecule has 0 radical (unpaired) electrons. The minimum Gasteiger partial charge on any atom is -0.465 e. The fraction of sp³-hybridized carbons (Fsp3) is 0.250. The van der Waals surface area contributed by atoms with Crippen LogP contribution in [-0.2, 0) is 14.3 Å². The average Bonchev–Trinajstić information content (AvgIpc) is 2.66. The Kier molecular flexibility index (Phi) is 6.54. The highest BCUT2D eigenvalue weighted by molar-refractivity contribution is 6.02. The molecule has 142 valence electrons. The minimum absolute atomic E-state index is 0.116. The van der Waals surface area contributed by atoms with E-state index in [1.807, 2.05) is 31.1 Å². The van der Waals surface area contributed by atoms with E-state index >= 15 is 0 Å². The number of carbonyl (C=O) groups excluding carboxylic acids is 3. The van der Waals surface area contributed by atoms with Crippen molar-refractivity contribution >= 4 is 34.8 Å². The van der Waals surface area contributed by atoms with Gasteiger partial charge in [-0.1, -0.05) is 0 Å². The smallest absolute Gasteiger partial charge is 0.337 e. The molecule has 27 heavy (non-hydrogen) atoms. The van der Waals surface area contributed by atoms with Gasteiger partial charge in [-0.2, -0.15) is 0 Å². The van der Waals surface area contributed by atoms with Crippen LogP contribution in [0.1, 0.15) is 17.3 Å². The normalized spacial score (nSPS) is 10.1. The Morgan fingerprint density at radius 2 is 1.48 bits per heavy atom. The third-order valence-electron chi connectivity index (χ3n) is 3.95. The molecule has 7 heteroatoms. The molecule has 2 rings (SSSR count). The third-order valence-corrected chi connectivity index (χ3v) is 3.95. The lowest BCUT2D eigenvalue weighted by molar-refractivity contribution is -0.120. The van der Waals surface area contributed by atoms with Crippen molar-refractivity contribution in [3.63, 3.8) is 0 Å². The molecular formula is C20H23N3O4. The molecule has 0 unspecified atom stereocenters. The van der Waals surface area contributed by atoms with Gasteiger partial charge >= 0.3 is 5.97 Å². The second-order valence-electron chi connectivity index (χ2n) is 6.13.